The van der Waals surface area contributed by atoms with Crippen molar-refractivity contribution in [2.75, 3.05) is 4.90 Å². The summed E-state index contributed by atoms with van der Waals surface area (Å²) in [5.74, 6) is -0.449. The predicted molar refractivity (Wildman–Crippen MR) is 102 cm³/mol. The van der Waals surface area contributed by atoms with E-state index in [0.29, 0.717) is 10.8 Å². The normalized spacial score (nSPS) is 17.0. The molecule has 136 valence electrons. The van der Waals surface area contributed by atoms with Crippen LogP contribution >= 0.6 is 11.8 Å². The van der Waals surface area contributed by atoms with E-state index in [-0.39, 0.29) is 18.2 Å². The number of hydrogen-bond acceptors (Lipinski definition) is 6. The Morgan fingerprint density at radius 3 is 2.52 bits per heavy atom. The number of benzene rings is 2. The van der Waals surface area contributed by atoms with Crippen LogP contribution in [-0.4, -0.2) is 37.3 Å². The predicted octanol–water partition coefficient (Wildman–Crippen LogP) is 2.70. The first-order valence-electron chi connectivity index (χ1n) is 8.49. The summed E-state index contributed by atoms with van der Waals surface area (Å²) >= 11 is 1.21. The standard InChI is InChI=1S/C19H17N5O2S/c1-12-8-9-15(10-13(12)2)23-17(25)11-16(18(23)26)27-19-20-21-22-24(19)14-6-4-3-5-7-14/h3-10,16H,11H2,1-2H3/t16-/m0/s1. The van der Waals surface area contributed by atoms with E-state index in [4.69, 9.17) is 0 Å². The Kier molecular flexibility index (Phi) is 4.49. The van der Waals surface area contributed by atoms with Crippen LogP contribution in [0.1, 0.15) is 17.5 Å². The molecule has 7 nitrogen and oxygen atoms in total. The van der Waals surface area contributed by atoms with E-state index in [1.54, 1.807) is 10.7 Å². The summed E-state index contributed by atoms with van der Waals surface area (Å²) in [7, 11) is 0. The van der Waals surface area contributed by atoms with Gasteiger partial charge in [0, 0.05) is 6.42 Å². The second-order valence-electron chi connectivity index (χ2n) is 6.36. The number of aryl methyl sites for hydroxylation is 2. The Balaban J connectivity index is 1.59. The molecule has 1 aromatic heterocycles. The summed E-state index contributed by atoms with van der Waals surface area (Å²) in [4.78, 5) is 26.7. The molecule has 0 saturated carbocycles. The minimum atomic E-state index is -0.549. The molecule has 0 spiro atoms. The van der Waals surface area contributed by atoms with Gasteiger partial charge in [-0.05, 0) is 59.7 Å². The summed E-state index contributed by atoms with van der Waals surface area (Å²) in [6.07, 6.45) is 0.123. The molecule has 0 bridgehead atoms. The first kappa shape index (κ1) is 17.4. The molecule has 27 heavy (non-hydrogen) atoms. The zero-order chi connectivity index (χ0) is 19.0. The van der Waals surface area contributed by atoms with Crippen molar-refractivity contribution >= 4 is 29.3 Å². The molecular formula is C19H17N5O2S. The zero-order valence-electron chi connectivity index (χ0n) is 14.9. The van der Waals surface area contributed by atoms with E-state index in [1.807, 2.05) is 56.3 Å². The van der Waals surface area contributed by atoms with Crippen molar-refractivity contribution in [3.05, 3.63) is 59.7 Å². The highest BCUT2D eigenvalue weighted by Crippen LogP contribution is 2.34. The number of carbonyl (C=O) groups excluding carboxylic acids is 2. The number of nitrogens with zero attached hydrogens (tertiary/aromatic N) is 5. The van der Waals surface area contributed by atoms with E-state index in [0.717, 1.165) is 16.8 Å². The largest absolute Gasteiger partial charge is 0.274 e. The summed E-state index contributed by atoms with van der Waals surface area (Å²) in [6.45, 7) is 3.96. The van der Waals surface area contributed by atoms with Gasteiger partial charge in [-0.3, -0.25) is 9.59 Å². The maximum absolute atomic E-state index is 12.9. The summed E-state index contributed by atoms with van der Waals surface area (Å²) < 4.78 is 1.57. The van der Waals surface area contributed by atoms with Crippen molar-refractivity contribution in [3.63, 3.8) is 0 Å². The van der Waals surface area contributed by atoms with Crippen LogP contribution < -0.4 is 4.90 Å². The summed E-state index contributed by atoms with van der Waals surface area (Å²) in [5, 5.41) is 11.7. The number of imide groups is 1. The number of carbonyl (C=O) groups is 2. The first-order chi connectivity index (χ1) is 13.0. The lowest BCUT2D eigenvalue weighted by Gasteiger charge is -2.16. The molecule has 0 radical (unpaired) electrons. The average molecular weight is 379 g/mol. The van der Waals surface area contributed by atoms with Gasteiger partial charge in [0.1, 0.15) is 5.25 Å². The Morgan fingerprint density at radius 2 is 1.78 bits per heavy atom. The van der Waals surface area contributed by atoms with Crippen LogP contribution in [0.25, 0.3) is 5.69 Å². The number of tetrazole rings is 1. The SMILES string of the molecule is Cc1ccc(N2C(=O)C[C@H](Sc3nnnn3-c3ccccc3)C2=O)cc1C. The number of para-hydroxylation sites is 1. The summed E-state index contributed by atoms with van der Waals surface area (Å²) in [6, 6.07) is 15.0. The lowest BCUT2D eigenvalue weighted by Crippen LogP contribution is -2.31. The first-order valence-corrected chi connectivity index (χ1v) is 9.37. The Morgan fingerprint density at radius 1 is 1.00 bits per heavy atom. The van der Waals surface area contributed by atoms with E-state index >= 15 is 0 Å². The number of thioether (sulfide) groups is 1. The van der Waals surface area contributed by atoms with E-state index in [1.165, 1.54) is 16.7 Å². The fraction of sp³-hybridized carbons (Fsp3) is 0.211. The maximum atomic E-state index is 12.9. The molecule has 0 aliphatic carbocycles. The van der Waals surface area contributed by atoms with Crippen LogP contribution in [0.4, 0.5) is 5.69 Å². The van der Waals surface area contributed by atoms with Gasteiger partial charge in [-0.1, -0.05) is 36.0 Å². The van der Waals surface area contributed by atoms with E-state index in [2.05, 4.69) is 15.5 Å². The second kappa shape index (κ2) is 6.96. The van der Waals surface area contributed by atoms with Crippen LogP contribution in [0.2, 0.25) is 0 Å². The van der Waals surface area contributed by atoms with Crippen molar-refractivity contribution < 1.29 is 9.59 Å². The van der Waals surface area contributed by atoms with Crippen molar-refractivity contribution in [3.8, 4) is 5.69 Å². The van der Waals surface area contributed by atoms with Crippen LogP contribution in [0.15, 0.2) is 53.7 Å². The van der Waals surface area contributed by atoms with Gasteiger partial charge >= 0.3 is 0 Å². The van der Waals surface area contributed by atoms with Gasteiger partial charge in [0.25, 0.3) is 0 Å². The van der Waals surface area contributed by atoms with Crippen molar-refractivity contribution in [2.45, 2.75) is 30.7 Å². The third kappa shape index (κ3) is 3.23. The molecule has 1 aliphatic heterocycles. The van der Waals surface area contributed by atoms with Gasteiger partial charge < -0.3 is 0 Å². The highest BCUT2D eigenvalue weighted by Gasteiger charge is 2.41. The third-order valence-corrected chi connectivity index (χ3v) is 5.66. The van der Waals surface area contributed by atoms with Crippen molar-refractivity contribution in [2.24, 2.45) is 0 Å². The summed E-state index contributed by atoms with van der Waals surface area (Å²) in [5.41, 5.74) is 3.56. The molecule has 2 heterocycles. The minimum absolute atomic E-state index is 0.123. The van der Waals surface area contributed by atoms with Crippen molar-refractivity contribution in [1.82, 2.24) is 20.2 Å². The monoisotopic (exact) mass is 379 g/mol. The van der Waals surface area contributed by atoms with Gasteiger partial charge in [0.2, 0.25) is 17.0 Å². The lowest BCUT2D eigenvalue weighted by molar-refractivity contribution is -0.121. The molecule has 1 aliphatic rings. The average Bonchev–Trinajstić information content (AvgIpc) is 3.23. The fourth-order valence-electron chi connectivity index (χ4n) is 2.94. The molecule has 4 rings (SSSR count). The molecule has 8 heteroatoms. The molecule has 3 aromatic rings. The van der Waals surface area contributed by atoms with Crippen LogP contribution in [0, 0.1) is 13.8 Å². The van der Waals surface area contributed by atoms with Gasteiger partial charge in [-0.15, -0.1) is 5.10 Å². The maximum Gasteiger partial charge on any atom is 0.247 e. The fourth-order valence-corrected chi connectivity index (χ4v) is 3.96. The van der Waals surface area contributed by atoms with Gasteiger partial charge in [0.15, 0.2) is 0 Å². The number of aromatic nitrogens is 4. The van der Waals surface area contributed by atoms with Gasteiger partial charge in [-0.2, -0.15) is 4.68 Å². The van der Waals surface area contributed by atoms with Crippen LogP contribution in [-0.2, 0) is 9.59 Å². The molecule has 0 unspecified atom stereocenters. The molecule has 1 atom stereocenters. The Labute approximate surface area is 160 Å². The zero-order valence-corrected chi connectivity index (χ0v) is 15.7. The minimum Gasteiger partial charge on any atom is -0.274 e. The Bertz CT molecular complexity index is 1020. The van der Waals surface area contributed by atoms with Crippen LogP contribution in [0.5, 0.6) is 0 Å². The molecule has 1 fully saturated rings. The number of hydrogen-bond donors (Lipinski definition) is 0. The Hall–Kier alpha value is -3.00. The highest BCUT2D eigenvalue weighted by atomic mass is 32.2. The topological polar surface area (TPSA) is 81.0 Å². The van der Waals surface area contributed by atoms with Crippen molar-refractivity contribution in [1.29, 1.82) is 0 Å². The quantitative estimate of drug-likeness (QED) is 0.649. The van der Waals surface area contributed by atoms with E-state index < -0.39 is 5.25 Å². The second-order valence-corrected chi connectivity index (χ2v) is 7.53. The molecular weight excluding hydrogens is 362 g/mol. The van der Waals surface area contributed by atoms with E-state index in [9.17, 15) is 9.59 Å². The highest BCUT2D eigenvalue weighted by molar-refractivity contribution is 8.00. The number of rotatable bonds is 4. The number of amides is 2. The molecule has 2 amide bonds. The smallest absolute Gasteiger partial charge is 0.247 e. The third-order valence-electron chi connectivity index (χ3n) is 4.54. The molecule has 2 aromatic carbocycles. The number of anilines is 1. The van der Waals surface area contributed by atoms with Gasteiger partial charge in [-0.25, -0.2) is 4.90 Å². The lowest BCUT2D eigenvalue weighted by atomic mass is 10.1. The molecule has 0 N–H and O–H groups in total. The van der Waals surface area contributed by atoms with Crippen LogP contribution in [0.3, 0.4) is 0 Å². The van der Waals surface area contributed by atoms with Gasteiger partial charge in [0.05, 0.1) is 11.4 Å². The molecule has 1 saturated heterocycles.